The van der Waals surface area contributed by atoms with E-state index in [0.717, 1.165) is 43.2 Å². The largest absolute Gasteiger partial charge is 0.374 e. The van der Waals surface area contributed by atoms with E-state index < -0.39 is 0 Å². The van der Waals surface area contributed by atoms with Gasteiger partial charge in [0.15, 0.2) is 0 Å². The Bertz CT molecular complexity index is 441. The molecule has 1 aliphatic heterocycles. The van der Waals surface area contributed by atoms with Crippen molar-refractivity contribution < 1.29 is 4.74 Å². The van der Waals surface area contributed by atoms with Gasteiger partial charge in [-0.05, 0) is 38.4 Å². The molecular formula is C16H26ClN3O. The van der Waals surface area contributed by atoms with Gasteiger partial charge < -0.3 is 10.1 Å². The number of aromatic nitrogens is 1. The fraction of sp³-hybridized carbons (Fsp3) is 0.688. The number of hydrogen-bond acceptors (Lipinski definition) is 4. The summed E-state index contributed by atoms with van der Waals surface area (Å²) in [6, 6.07) is 2.83. The SMILES string of the molecule is CCNC(Cc1ccncc1Cl)C1CN(C(C)C)CCO1. The van der Waals surface area contributed by atoms with Crippen molar-refractivity contribution in [2.45, 2.75) is 45.4 Å². The first-order chi connectivity index (χ1) is 10.1. The van der Waals surface area contributed by atoms with Gasteiger partial charge in [-0.15, -0.1) is 0 Å². The van der Waals surface area contributed by atoms with E-state index in [-0.39, 0.29) is 12.1 Å². The predicted octanol–water partition coefficient (Wildman–Crippen LogP) is 2.36. The number of likely N-dealkylation sites (N-methyl/N-ethyl adjacent to an activating group) is 1. The number of nitrogens with zero attached hydrogens (tertiary/aromatic N) is 2. The van der Waals surface area contributed by atoms with Gasteiger partial charge in [-0.3, -0.25) is 9.88 Å². The molecule has 1 fully saturated rings. The third-order valence-corrected chi connectivity index (χ3v) is 4.41. The van der Waals surface area contributed by atoms with E-state index in [1.54, 1.807) is 12.4 Å². The summed E-state index contributed by atoms with van der Waals surface area (Å²) in [5.41, 5.74) is 1.13. The van der Waals surface area contributed by atoms with Crippen LogP contribution in [0.3, 0.4) is 0 Å². The first kappa shape index (κ1) is 16.7. The number of ether oxygens (including phenoxy) is 1. The minimum Gasteiger partial charge on any atom is -0.374 e. The van der Waals surface area contributed by atoms with Crippen molar-refractivity contribution in [3.8, 4) is 0 Å². The summed E-state index contributed by atoms with van der Waals surface area (Å²) >= 11 is 6.25. The summed E-state index contributed by atoms with van der Waals surface area (Å²) in [5.74, 6) is 0. The molecule has 5 heteroatoms. The topological polar surface area (TPSA) is 37.4 Å². The van der Waals surface area contributed by atoms with E-state index in [4.69, 9.17) is 16.3 Å². The molecule has 0 radical (unpaired) electrons. The highest BCUT2D eigenvalue weighted by Gasteiger charge is 2.29. The molecule has 118 valence electrons. The van der Waals surface area contributed by atoms with Crippen molar-refractivity contribution >= 4 is 11.6 Å². The Labute approximate surface area is 132 Å². The van der Waals surface area contributed by atoms with E-state index in [2.05, 4.69) is 36.0 Å². The van der Waals surface area contributed by atoms with Crippen LogP contribution in [0, 0.1) is 0 Å². The quantitative estimate of drug-likeness (QED) is 0.875. The lowest BCUT2D eigenvalue weighted by Gasteiger charge is -2.39. The molecule has 0 bridgehead atoms. The normalized spacial score (nSPS) is 21.7. The smallest absolute Gasteiger partial charge is 0.0858 e. The second-order valence-electron chi connectivity index (χ2n) is 5.83. The second-order valence-corrected chi connectivity index (χ2v) is 6.24. The van der Waals surface area contributed by atoms with Gasteiger partial charge >= 0.3 is 0 Å². The van der Waals surface area contributed by atoms with Crippen molar-refractivity contribution in [2.75, 3.05) is 26.2 Å². The Morgan fingerprint density at radius 3 is 3.00 bits per heavy atom. The van der Waals surface area contributed by atoms with Gasteiger partial charge in [0.2, 0.25) is 0 Å². The van der Waals surface area contributed by atoms with Crippen LogP contribution in [0.1, 0.15) is 26.3 Å². The van der Waals surface area contributed by atoms with Gasteiger partial charge in [-0.2, -0.15) is 0 Å². The molecule has 4 nitrogen and oxygen atoms in total. The van der Waals surface area contributed by atoms with Crippen molar-refractivity contribution in [2.24, 2.45) is 0 Å². The molecule has 1 aliphatic rings. The summed E-state index contributed by atoms with van der Waals surface area (Å²) in [7, 11) is 0. The summed E-state index contributed by atoms with van der Waals surface area (Å²) in [6.45, 7) is 10.3. The maximum Gasteiger partial charge on any atom is 0.0858 e. The third-order valence-electron chi connectivity index (χ3n) is 4.07. The molecule has 2 atom stereocenters. The monoisotopic (exact) mass is 311 g/mol. The van der Waals surface area contributed by atoms with Gasteiger partial charge in [0.1, 0.15) is 0 Å². The second kappa shape index (κ2) is 8.08. The lowest BCUT2D eigenvalue weighted by molar-refractivity contribution is -0.0550. The highest BCUT2D eigenvalue weighted by molar-refractivity contribution is 6.31. The molecule has 0 aliphatic carbocycles. The van der Waals surface area contributed by atoms with E-state index in [1.807, 2.05) is 6.07 Å². The maximum absolute atomic E-state index is 6.25. The molecule has 0 aromatic carbocycles. The van der Waals surface area contributed by atoms with Crippen LogP contribution in [0.5, 0.6) is 0 Å². The van der Waals surface area contributed by atoms with Crippen molar-refractivity contribution in [1.82, 2.24) is 15.2 Å². The Hall–Kier alpha value is -0.680. The lowest BCUT2D eigenvalue weighted by atomic mass is 10.00. The Morgan fingerprint density at radius 2 is 2.33 bits per heavy atom. The summed E-state index contributed by atoms with van der Waals surface area (Å²) in [4.78, 5) is 6.53. The zero-order chi connectivity index (χ0) is 15.2. The van der Waals surface area contributed by atoms with Crippen LogP contribution in [-0.2, 0) is 11.2 Å². The number of morpholine rings is 1. The first-order valence-corrected chi connectivity index (χ1v) is 8.17. The van der Waals surface area contributed by atoms with E-state index in [9.17, 15) is 0 Å². The Balaban J connectivity index is 2.06. The molecule has 2 heterocycles. The minimum atomic E-state index is 0.199. The Morgan fingerprint density at radius 1 is 1.52 bits per heavy atom. The highest BCUT2D eigenvalue weighted by Crippen LogP contribution is 2.19. The molecule has 2 unspecified atom stereocenters. The van der Waals surface area contributed by atoms with Gasteiger partial charge in [-0.1, -0.05) is 18.5 Å². The van der Waals surface area contributed by atoms with Gasteiger partial charge in [0.25, 0.3) is 0 Å². The standard InChI is InChI=1S/C16H26ClN3O/c1-4-19-15(9-13-5-6-18-10-14(13)17)16-11-20(12(2)3)7-8-21-16/h5-6,10,12,15-16,19H,4,7-9,11H2,1-3H3. The van der Waals surface area contributed by atoms with Gasteiger partial charge in [0, 0.05) is 37.6 Å². The average Bonchev–Trinajstić information content (AvgIpc) is 2.49. The van der Waals surface area contributed by atoms with Crippen LogP contribution < -0.4 is 5.32 Å². The van der Waals surface area contributed by atoms with Crippen LogP contribution >= 0.6 is 11.6 Å². The fourth-order valence-corrected chi connectivity index (χ4v) is 3.01. The van der Waals surface area contributed by atoms with Gasteiger partial charge in [0.05, 0.1) is 17.7 Å². The number of rotatable bonds is 6. The highest BCUT2D eigenvalue weighted by atomic mass is 35.5. The van der Waals surface area contributed by atoms with E-state index in [1.165, 1.54) is 0 Å². The molecule has 0 saturated carbocycles. The zero-order valence-corrected chi connectivity index (χ0v) is 13.9. The first-order valence-electron chi connectivity index (χ1n) is 7.79. The van der Waals surface area contributed by atoms with Crippen LogP contribution in [0.15, 0.2) is 18.5 Å². The van der Waals surface area contributed by atoms with Crippen molar-refractivity contribution in [3.05, 3.63) is 29.0 Å². The van der Waals surface area contributed by atoms with Crippen molar-refractivity contribution in [3.63, 3.8) is 0 Å². The number of hydrogen-bond donors (Lipinski definition) is 1. The predicted molar refractivity (Wildman–Crippen MR) is 86.9 cm³/mol. The van der Waals surface area contributed by atoms with E-state index in [0.29, 0.717) is 6.04 Å². The summed E-state index contributed by atoms with van der Waals surface area (Å²) in [5, 5.41) is 4.29. The zero-order valence-electron chi connectivity index (χ0n) is 13.2. The van der Waals surface area contributed by atoms with Crippen molar-refractivity contribution in [1.29, 1.82) is 0 Å². The molecule has 1 saturated heterocycles. The van der Waals surface area contributed by atoms with Crippen LogP contribution in [0.2, 0.25) is 5.02 Å². The lowest BCUT2D eigenvalue weighted by Crippen LogP contribution is -2.54. The fourth-order valence-electron chi connectivity index (χ4n) is 2.81. The summed E-state index contributed by atoms with van der Waals surface area (Å²) < 4.78 is 6.02. The third kappa shape index (κ3) is 4.65. The minimum absolute atomic E-state index is 0.199. The van der Waals surface area contributed by atoms with Gasteiger partial charge in [-0.25, -0.2) is 0 Å². The van der Waals surface area contributed by atoms with Crippen LogP contribution in [-0.4, -0.2) is 54.3 Å². The molecule has 1 aromatic heterocycles. The molecule has 21 heavy (non-hydrogen) atoms. The van der Waals surface area contributed by atoms with E-state index >= 15 is 0 Å². The summed E-state index contributed by atoms with van der Waals surface area (Å²) in [6.07, 6.45) is 4.57. The molecular weight excluding hydrogens is 286 g/mol. The number of pyridine rings is 1. The molecule has 0 spiro atoms. The molecule has 1 N–H and O–H groups in total. The molecule has 1 aromatic rings. The number of halogens is 1. The molecule has 2 rings (SSSR count). The van der Waals surface area contributed by atoms with Crippen LogP contribution in [0.25, 0.3) is 0 Å². The maximum atomic E-state index is 6.25. The number of nitrogens with one attached hydrogen (secondary N) is 1. The average molecular weight is 312 g/mol. The van der Waals surface area contributed by atoms with Crippen LogP contribution in [0.4, 0.5) is 0 Å². The Kier molecular flexibility index (Phi) is 6.42. The molecule has 0 amide bonds.